The summed E-state index contributed by atoms with van der Waals surface area (Å²) in [5.74, 6) is 2.68. The number of nitrogens with one attached hydrogen (secondary N) is 2. The monoisotopic (exact) mass is 216 g/mol. The van der Waals surface area contributed by atoms with Gasteiger partial charge in [0.1, 0.15) is 0 Å². The number of rotatable bonds is 4. The lowest BCUT2D eigenvalue weighted by Crippen LogP contribution is -2.47. The molecule has 0 saturated heterocycles. The Bertz CT molecular complexity index is 254. The molecule has 0 aliphatic heterocycles. The summed E-state index contributed by atoms with van der Waals surface area (Å²) in [5.41, 5.74) is 1.70. The molecule has 0 radical (unpaired) electrons. The second-order valence-electron chi connectivity index (χ2n) is 2.98. The summed E-state index contributed by atoms with van der Waals surface area (Å²) in [4.78, 5) is 34.1. The van der Waals surface area contributed by atoms with Crippen molar-refractivity contribution in [2.75, 3.05) is 20.1 Å². The van der Waals surface area contributed by atoms with Crippen molar-refractivity contribution in [2.45, 2.75) is 13.3 Å². The summed E-state index contributed by atoms with van der Waals surface area (Å²) in [6, 6.07) is 0. The molecule has 3 amide bonds. The molecule has 0 atom stereocenters. The maximum atomic E-state index is 11.2. The van der Waals surface area contributed by atoms with E-state index in [-0.39, 0.29) is 12.5 Å². The van der Waals surface area contributed by atoms with Gasteiger partial charge in [-0.2, -0.15) is 0 Å². The topological polar surface area (TPSA) is 105 Å². The van der Waals surface area contributed by atoms with E-state index in [9.17, 15) is 14.4 Å². The number of hydrogen-bond acceptors (Lipinski definition) is 4. The van der Waals surface area contributed by atoms with Crippen LogP contribution in [-0.4, -0.2) is 42.8 Å². The van der Waals surface area contributed by atoms with Gasteiger partial charge < -0.3 is 10.2 Å². The van der Waals surface area contributed by atoms with Crippen molar-refractivity contribution in [1.29, 1.82) is 0 Å². The Hall–Kier alpha value is -1.63. The Morgan fingerprint density at radius 3 is 2.40 bits per heavy atom. The van der Waals surface area contributed by atoms with E-state index in [1.54, 1.807) is 5.43 Å². The molecule has 4 N–H and O–H groups in total. The van der Waals surface area contributed by atoms with Gasteiger partial charge in [-0.1, -0.05) is 6.92 Å². The van der Waals surface area contributed by atoms with E-state index < -0.39 is 11.8 Å². The number of amides is 3. The molecule has 7 heteroatoms. The highest BCUT2D eigenvalue weighted by atomic mass is 16.2. The minimum Gasteiger partial charge on any atom is -0.355 e. The number of hydrazine groups is 1. The van der Waals surface area contributed by atoms with Gasteiger partial charge in [0.25, 0.3) is 0 Å². The molecule has 0 aliphatic carbocycles. The molecule has 0 unspecified atom stereocenters. The van der Waals surface area contributed by atoms with Gasteiger partial charge in [-0.15, -0.1) is 0 Å². The molecule has 0 aromatic rings. The quantitative estimate of drug-likeness (QED) is 0.218. The van der Waals surface area contributed by atoms with Crippen molar-refractivity contribution in [2.24, 2.45) is 5.84 Å². The number of nitrogens with two attached hydrogens (primary N) is 1. The Morgan fingerprint density at radius 1 is 1.33 bits per heavy atom. The third kappa shape index (κ3) is 4.96. The molecule has 7 nitrogen and oxygen atoms in total. The van der Waals surface area contributed by atoms with E-state index in [0.29, 0.717) is 6.54 Å². The van der Waals surface area contributed by atoms with Gasteiger partial charge in [-0.3, -0.25) is 19.8 Å². The van der Waals surface area contributed by atoms with Crippen LogP contribution in [0.3, 0.4) is 0 Å². The Kier molecular flexibility index (Phi) is 6.03. The lowest BCUT2D eigenvalue weighted by Gasteiger charge is -2.15. The first-order valence-corrected chi connectivity index (χ1v) is 4.55. The zero-order chi connectivity index (χ0) is 11.8. The van der Waals surface area contributed by atoms with Crippen LogP contribution in [-0.2, 0) is 14.4 Å². The van der Waals surface area contributed by atoms with Crippen molar-refractivity contribution in [3.63, 3.8) is 0 Å². The largest absolute Gasteiger partial charge is 0.355 e. The van der Waals surface area contributed by atoms with Crippen LogP contribution < -0.4 is 16.6 Å². The Labute approximate surface area is 87.9 Å². The van der Waals surface area contributed by atoms with Crippen LogP contribution in [0.15, 0.2) is 0 Å². The molecule has 0 aliphatic rings. The van der Waals surface area contributed by atoms with Crippen LogP contribution in [0.5, 0.6) is 0 Å². The first-order chi connectivity index (χ1) is 7.02. The van der Waals surface area contributed by atoms with E-state index in [0.717, 1.165) is 11.3 Å². The van der Waals surface area contributed by atoms with Gasteiger partial charge in [0.15, 0.2) is 0 Å². The lowest BCUT2D eigenvalue weighted by atomic mass is 10.4. The van der Waals surface area contributed by atoms with Crippen molar-refractivity contribution in [3.8, 4) is 0 Å². The van der Waals surface area contributed by atoms with E-state index in [2.05, 4.69) is 5.32 Å². The fourth-order valence-corrected chi connectivity index (χ4v) is 0.843. The molecular formula is C8H16N4O3. The third-order valence-electron chi connectivity index (χ3n) is 1.62. The molecule has 0 bridgehead atoms. The number of likely N-dealkylation sites (N-methyl/N-ethyl adjacent to an activating group) is 1. The van der Waals surface area contributed by atoms with Crippen LogP contribution in [0.1, 0.15) is 13.3 Å². The predicted octanol–water partition coefficient (Wildman–Crippen LogP) is -2.04. The van der Waals surface area contributed by atoms with Gasteiger partial charge in [0, 0.05) is 13.6 Å². The van der Waals surface area contributed by atoms with Gasteiger partial charge >= 0.3 is 11.8 Å². The van der Waals surface area contributed by atoms with Crippen molar-refractivity contribution < 1.29 is 14.4 Å². The number of carbonyl (C=O) groups is 3. The maximum Gasteiger partial charge on any atom is 0.323 e. The second kappa shape index (κ2) is 6.77. The van der Waals surface area contributed by atoms with Crippen LogP contribution in [0, 0.1) is 0 Å². The standard InChI is InChI=1S/C8H16N4O3/c1-3-4-10-6(13)5-12(2)8(15)7(14)11-9/h3-5,9H2,1-2H3,(H,10,13)(H,11,14). The minimum atomic E-state index is -0.944. The number of carbonyl (C=O) groups excluding carboxylic acids is 3. The van der Waals surface area contributed by atoms with E-state index in [1.807, 2.05) is 6.92 Å². The van der Waals surface area contributed by atoms with Gasteiger partial charge in [-0.25, -0.2) is 5.84 Å². The smallest absolute Gasteiger partial charge is 0.323 e. The summed E-state index contributed by atoms with van der Waals surface area (Å²) in [6.07, 6.45) is 0.812. The SMILES string of the molecule is CCCNC(=O)CN(C)C(=O)C(=O)NN. The average molecular weight is 216 g/mol. The Balaban J connectivity index is 4.01. The fraction of sp³-hybridized carbons (Fsp3) is 0.625. The molecular weight excluding hydrogens is 200 g/mol. The van der Waals surface area contributed by atoms with E-state index in [1.165, 1.54) is 7.05 Å². The van der Waals surface area contributed by atoms with Gasteiger partial charge in [-0.05, 0) is 6.42 Å². The van der Waals surface area contributed by atoms with Crippen LogP contribution in [0.4, 0.5) is 0 Å². The maximum absolute atomic E-state index is 11.2. The van der Waals surface area contributed by atoms with Gasteiger partial charge in [0.2, 0.25) is 5.91 Å². The van der Waals surface area contributed by atoms with Crippen molar-refractivity contribution >= 4 is 17.7 Å². The number of hydrogen-bond donors (Lipinski definition) is 3. The molecule has 86 valence electrons. The highest BCUT2D eigenvalue weighted by molar-refractivity contribution is 6.35. The van der Waals surface area contributed by atoms with Crippen LogP contribution in [0.2, 0.25) is 0 Å². The average Bonchev–Trinajstić information content (AvgIpc) is 2.23. The zero-order valence-corrected chi connectivity index (χ0v) is 8.87. The molecule has 0 aromatic heterocycles. The molecule has 0 rings (SSSR count). The summed E-state index contributed by atoms with van der Waals surface area (Å²) in [7, 11) is 1.35. The highest BCUT2D eigenvalue weighted by Crippen LogP contribution is 1.85. The molecule has 0 heterocycles. The first-order valence-electron chi connectivity index (χ1n) is 4.55. The third-order valence-corrected chi connectivity index (χ3v) is 1.62. The van der Waals surface area contributed by atoms with Crippen LogP contribution in [0.25, 0.3) is 0 Å². The Morgan fingerprint density at radius 2 is 1.93 bits per heavy atom. The van der Waals surface area contributed by atoms with E-state index in [4.69, 9.17) is 5.84 Å². The fourth-order valence-electron chi connectivity index (χ4n) is 0.843. The van der Waals surface area contributed by atoms with Crippen LogP contribution >= 0.6 is 0 Å². The summed E-state index contributed by atoms with van der Waals surface area (Å²) < 4.78 is 0. The summed E-state index contributed by atoms with van der Waals surface area (Å²) in [6.45, 7) is 2.30. The predicted molar refractivity (Wildman–Crippen MR) is 53.3 cm³/mol. The molecule has 0 fully saturated rings. The zero-order valence-electron chi connectivity index (χ0n) is 8.87. The highest BCUT2D eigenvalue weighted by Gasteiger charge is 2.19. The van der Waals surface area contributed by atoms with Gasteiger partial charge in [0.05, 0.1) is 6.54 Å². The van der Waals surface area contributed by atoms with E-state index >= 15 is 0 Å². The molecule has 0 saturated carbocycles. The number of nitrogens with zero attached hydrogens (tertiary/aromatic N) is 1. The minimum absolute atomic E-state index is 0.160. The second-order valence-corrected chi connectivity index (χ2v) is 2.98. The molecule has 0 spiro atoms. The summed E-state index contributed by atoms with van der Waals surface area (Å²) in [5, 5.41) is 2.58. The lowest BCUT2D eigenvalue weighted by molar-refractivity contribution is -0.146. The molecule has 0 aromatic carbocycles. The summed E-state index contributed by atoms with van der Waals surface area (Å²) >= 11 is 0. The first kappa shape index (κ1) is 13.4. The molecule has 15 heavy (non-hydrogen) atoms. The normalized spacial score (nSPS) is 9.27. The van der Waals surface area contributed by atoms with Crippen molar-refractivity contribution in [3.05, 3.63) is 0 Å². The van der Waals surface area contributed by atoms with Crippen molar-refractivity contribution in [1.82, 2.24) is 15.6 Å².